The lowest BCUT2D eigenvalue weighted by Crippen LogP contribution is -2.37. The second kappa shape index (κ2) is 6.49. The molecule has 0 aromatic carbocycles. The van der Waals surface area contributed by atoms with E-state index in [1.54, 1.807) is 0 Å². The zero-order valence-electron chi connectivity index (χ0n) is 10.9. The Labute approximate surface area is 95.4 Å². The first kappa shape index (κ1) is 13.0. The summed E-state index contributed by atoms with van der Waals surface area (Å²) in [6, 6.07) is 1.55. The molecule has 1 aliphatic rings. The summed E-state index contributed by atoms with van der Waals surface area (Å²) < 4.78 is 0. The van der Waals surface area contributed by atoms with Crippen molar-refractivity contribution in [2.45, 2.75) is 58.5 Å². The van der Waals surface area contributed by atoms with Crippen LogP contribution in [0.15, 0.2) is 0 Å². The van der Waals surface area contributed by atoms with Crippen molar-refractivity contribution in [2.24, 2.45) is 5.92 Å². The molecule has 0 spiro atoms. The number of likely N-dealkylation sites (tertiary alicyclic amines) is 1. The molecule has 1 saturated heterocycles. The Bertz CT molecular complexity index is 170. The van der Waals surface area contributed by atoms with Gasteiger partial charge in [-0.2, -0.15) is 0 Å². The molecular weight excluding hydrogens is 184 g/mol. The molecule has 3 atom stereocenters. The summed E-state index contributed by atoms with van der Waals surface area (Å²) in [6.07, 6.45) is 5.33. The van der Waals surface area contributed by atoms with E-state index < -0.39 is 0 Å². The fourth-order valence-electron chi connectivity index (χ4n) is 2.56. The zero-order valence-corrected chi connectivity index (χ0v) is 10.9. The van der Waals surface area contributed by atoms with E-state index in [1.165, 1.54) is 38.8 Å². The van der Waals surface area contributed by atoms with Crippen LogP contribution in [0.2, 0.25) is 0 Å². The molecule has 0 amide bonds. The molecule has 3 unspecified atom stereocenters. The van der Waals surface area contributed by atoms with Crippen molar-refractivity contribution in [1.29, 1.82) is 0 Å². The van der Waals surface area contributed by atoms with Crippen molar-refractivity contribution in [1.82, 2.24) is 10.2 Å². The first-order valence-electron chi connectivity index (χ1n) is 6.62. The van der Waals surface area contributed by atoms with Crippen molar-refractivity contribution in [2.75, 3.05) is 20.1 Å². The average Bonchev–Trinajstić information content (AvgIpc) is 2.73. The van der Waals surface area contributed by atoms with E-state index in [9.17, 15) is 0 Å². The number of rotatable bonds is 6. The first-order valence-corrected chi connectivity index (χ1v) is 6.62. The highest BCUT2D eigenvalue weighted by atomic mass is 15.2. The molecule has 0 bridgehead atoms. The molecule has 1 aliphatic heterocycles. The van der Waals surface area contributed by atoms with Crippen LogP contribution in [0.5, 0.6) is 0 Å². The minimum atomic E-state index is 0.732. The maximum absolute atomic E-state index is 3.40. The third kappa shape index (κ3) is 3.76. The van der Waals surface area contributed by atoms with Crippen LogP contribution >= 0.6 is 0 Å². The van der Waals surface area contributed by atoms with Gasteiger partial charge in [-0.3, -0.25) is 4.90 Å². The van der Waals surface area contributed by atoms with Crippen LogP contribution in [-0.4, -0.2) is 37.1 Å². The summed E-state index contributed by atoms with van der Waals surface area (Å²) in [6.45, 7) is 9.57. The highest BCUT2D eigenvalue weighted by Crippen LogP contribution is 2.21. The summed E-state index contributed by atoms with van der Waals surface area (Å²) >= 11 is 0. The Kier molecular flexibility index (Phi) is 5.62. The smallest absolute Gasteiger partial charge is 0.0204 e. The fraction of sp³-hybridized carbons (Fsp3) is 1.00. The van der Waals surface area contributed by atoms with Crippen LogP contribution < -0.4 is 5.32 Å². The van der Waals surface area contributed by atoms with E-state index in [4.69, 9.17) is 0 Å². The number of likely N-dealkylation sites (N-methyl/N-ethyl adjacent to an activating group) is 1. The molecular formula is C13H28N2. The second-order valence-corrected chi connectivity index (χ2v) is 5.08. The largest absolute Gasteiger partial charge is 0.316 e. The quantitative estimate of drug-likeness (QED) is 0.728. The number of hydrogen-bond acceptors (Lipinski definition) is 2. The van der Waals surface area contributed by atoms with Crippen LogP contribution in [0.25, 0.3) is 0 Å². The maximum atomic E-state index is 3.40. The lowest BCUT2D eigenvalue weighted by Gasteiger charge is -2.29. The molecule has 1 rings (SSSR count). The van der Waals surface area contributed by atoms with Gasteiger partial charge in [0.25, 0.3) is 0 Å². The summed E-state index contributed by atoms with van der Waals surface area (Å²) in [5.41, 5.74) is 0. The van der Waals surface area contributed by atoms with Gasteiger partial charge in [-0.05, 0) is 32.2 Å². The lowest BCUT2D eigenvalue weighted by atomic mass is 9.97. The molecule has 0 aromatic rings. The molecule has 1 heterocycles. The van der Waals surface area contributed by atoms with E-state index >= 15 is 0 Å². The number of nitrogens with zero attached hydrogens (tertiary/aromatic N) is 1. The molecule has 1 fully saturated rings. The topological polar surface area (TPSA) is 15.3 Å². The van der Waals surface area contributed by atoms with E-state index in [0.29, 0.717) is 0 Å². The zero-order chi connectivity index (χ0) is 11.3. The van der Waals surface area contributed by atoms with Crippen molar-refractivity contribution in [3.05, 3.63) is 0 Å². The Hall–Kier alpha value is -0.0800. The molecule has 1 N–H and O–H groups in total. The van der Waals surface area contributed by atoms with Crippen LogP contribution in [0.1, 0.15) is 46.5 Å². The van der Waals surface area contributed by atoms with Crippen molar-refractivity contribution < 1.29 is 0 Å². The Morgan fingerprint density at radius 3 is 2.53 bits per heavy atom. The molecule has 0 aliphatic carbocycles. The number of nitrogens with one attached hydrogen (secondary N) is 1. The Morgan fingerprint density at radius 1 is 1.33 bits per heavy atom. The summed E-state index contributed by atoms with van der Waals surface area (Å²) in [4.78, 5) is 2.69. The van der Waals surface area contributed by atoms with Gasteiger partial charge in [0.05, 0.1) is 0 Å². The molecule has 90 valence electrons. The van der Waals surface area contributed by atoms with E-state index in [-0.39, 0.29) is 0 Å². The van der Waals surface area contributed by atoms with Crippen molar-refractivity contribution in [3.8, 4) is 0 Å². The third-order valence-electron chi connectivity index (χ3n) is 3.99. The van der Waals surface area contributed by atoms with Crippen LogP contribution in [0, 0.1) is 5.92 Å². The molecule has 0 radical (unpaired) electrons. The first-order chi connectivity index (χ1) is 7.21. The summed E-state index contributed by atoms with van der Waals surface area (Å²) in [5, 5.41) is 3.40. The van der Waals surface area contributed by atoms with E-state index in [1.807, 2.05) is 0 Å². The average molecular weight is 212 g/mol. The van der Waals surface area contributed by atoms with Gasteiger partial charge in [0.1, 0.15) is 0 Å². The molecule has 0 saturated carbocycles. The summed E-state index contributed by atoms with van der Waals surface area (Å²) in [5.74, 6) is 0.878. The Morgan fingerprint density at radius 2 is 2.07 bits per heavy atom. The summed E-state index contributed by atoms with van der Waals surface area (Å²) in [7, 11) is 2.09. The lowest BCUT2D eigenvalue weighted by molar-refractivity contribution is 0.198. The van der Waals surface area contributed by atoms with E-state index in [0.717, 1.165) is 18.0 Å². The second-order valence-electron chi connectivity index (χ2n) is 5.08. The predicted molar refractivity (Wildman–Crippen MR) is 67.2 cm³/mol. The highest BCUT2D eigenvalue weighted by Gasteiger charge is 2.26. The monoisotopic (exact) mass is 212 g/mol. The van der Waals surface area contributed by atoms with Gasteiger partial charge in [0.2, 0.25) is 0 Å². The van der Waals surface area contributed by atoms with Crippen LogP contribution in [0.4, 0.5) is 0 Å². The van der Waals surface area contributed by atoms with E-state index in [2.05, 4.69) is 38.0 Å². The van der Waals surface area contributed by atoms with Crippen LogP contribution in [-0.2, 0) is 0 Å². The minimum Gasteiger partial charge on any atom is -0.316 e. The van der Waals surface area contributed by atoms with Gasteiger partial charge < -0.3 is 5.32 Å². The van der Waals surface area contributed by atoms with Gasteiger partial charge in [-0.15, -0.1) is 0 Å². The molecule has 15 heavy (non-hydrogen) atoms. The third-order valence-corrected chi connectivity index (χ3v) is 3.99. The normalized spacial score (nSPS) is 26.8. The molecule has 0 aromatic heterocycles. The SMILES string of the molecule is CCC(C)CC(CC)N1CCC(NC)C1. The van der Waals surface area contributed by atoms with Crippen molar-refractivity contribution in [3.63, 3.8) is 0 Å². The van der Waals surface area contributed by atoms with Gasteiger partial charge in [-0.1, -0.05) is 27.2 Å². The minimum absolute atomic E-state index is 0.732. The maximum Gasteiger partial charge on any atom is 0.0204 e. The highest BCUT2D eigenvalue weighted by molar-refractivity contribution is 4.84. The van der Waals surface area contributed by atoms with Crippen LogP contribution in [0.3, 0.4) is 0 Å². The predicted octanol–water partition coefficient (Wildman–Crippen LogP) is 2.49. The standard InChI is InChI=1S/C13H28N2/c1-5-11(3)9-13(6-2)15-8-7-12(10-15)14-4/h11-14H,5-10H2,1-4H3. The molecule has 2 nitrogen and oxygen atoms in total. The van der Waals surface area contributed by atoms with Gasteiger partial charge >= 0.3 is 0 Å². The molecule has 2 heteroatoms. The number of hydrogen-bond donors (Lipinski definition) is 1. The van der Waals surface area contributed by atoms with Crippen molar-refractivity contribution >= 4 is 0 Å². The van der Waals surface area contributed by atoms with Gasteiger partial charge in [0, 0.05) is 25.2 Å². The van der Waals surface area contributed by atoms with Gasteiger partial charge in [-0.25, -0.2) is 0 Å². The van der Waals surface area contributed by atoms with Gasteiger partial charge in [0.15, 0.2) is 0 Å². The fourth-order valence-corrected chi connectivity index (χ4v) is 2.56. The Balaban J connectivity index is 2.38.